The van der Waals surface area contributed by atoms with Crippen LogP contribution in [-0.4, -0.2) is 69.8 Å². The fraction of sp³-hybridized carbons (Fsp3) is 0.160. The van der Waals surface area contributed by atoms with E-state index in [0.717, 1.165) is 6.20 Å². The molecule has 2 aromatic heterocycles. The monoisotopic (exact) mass is 474 g/mol. The Bertz CT molecular complexity index is 1350. The standard InChI is InChI=1S/C25H23FN6O3/c1-2-8-28-15-19(27)21-22-20(18(26)14-30-21)17(13-29-22)23(33)25(35)32-11-9-31(10-12-32)24(34)16-6-4-3-5-7-16/h2-8,13-15,29H,1,9-12,27H2/b19-15-,28-8?. The normalized spacial score (nSPS) is 14.5. The molecule has 1 aromatic carbocycles. The van der Waals surface area contributed by atoms with Crippen molar-refractivity contribution in [2.24, 2.45) is 10.7 Å². The number of pyridine rings is 1. The van der Waals surface area contributed by atoms with Crippen LogP contribution in [0.25, 0.3) is 16.6 Å². The molecule has 0 bridgehead atoms. The fourth-order valence-electron chi connectivity index (χ4n) is 3.89. The average molecular weight is 474 g/mol. The Balaban J connectivity index is 1.52. The molecule has 0 saturated carbocycles. The highest BCUT2D eigenvalue weighted by atomic mass is 19.1. The Morgan fingerprint density at radius 1 is 1.11 bits per heavy atom. The summed E-state index contributed by atoms with van der Waals surface area (Å²) in [5.41, 5.74) is 6.97. The maximum atomic E-state index is 14.7. The number of H-pyrrole nitrogens is 1. The molecule has 0 unspecified atom stereocenters. The number of carbonyl (C=O) groups is 3. The van der Waals surface area contributed by atoms with Gasteiger partial charge in [0, 0.05) is 44.2 Å². The van der Waals surface area contributed by atoms with Gasteiger partial charge in [-0.15, -0.1) is 0 Å². The van der Waals surface area contributed by atoms with Crippen molar-refractivity contribution in [1.29, 1.82) is 0 Å². The number of hydrogen-bond acceptors (Lipinski definition) is 6. The highest BCUT2D eigenvalue weighted by molar-refractivity contribution is 6.45. The first-order valence-corrected chi connectivity index (χ1v) is 10.9. The van der Waals surface area contributed by atoms with Crippen molar-refractivity contribution in [1.82, 2.24) is 19.8 Å². The van der Waals surface area contributed by atoms with Gasteiger partial charge in [0.15, 0.2) is 5.82 Å². The summed E-state index contributed by atoms with van der Waals surface area (Å²) in [7, 11) is 0. The molecule has 0 aliphatic carbocycles. The van der Waals surface area contributed by atoms with Gasteiger partial charge in [-0.05, 0) is 12.1 Å². The number of aromatic nitrogens is 2. The number of ketones is 1. The zero-order valence-electron chi connectivity index (χ0n) is 18.8. The number of hydrogen-bond donors (Lipinski definition) is 2. The van der Waals surface area contributed by atoms with Crippen molar-refractivity contribution in [2.75, 3.05) is 26.2 Å². The molecule has 10 heteroatoms. The predicted molar refractivity (Wildman–Crippen MR) is 130 cm³/mol. The van der Waals surface area contributed by atoms with E-state index in [2.05, 4.69) is 21.5 Å². The molecule has 3 aromatic rings. The molecule has 35 heavy (non-hydrogen) atoms. The van der Waals surface area contributed by atoms with Crippen LogP contribution in [-0.2, 0) is 4.79 Å². The number of amides is 2. The summed E-state index contributed by atoms with van der Waals surface area (Å²) >= 11 is 0. The molecule has 1 aliphatic heterocycles. The molecule has 0 atom stereocenters. The zero-order chi connectivity index (χ0) is 24.9. The lowest BCUT2D eigenvalue weighted by Gasteiger charge is -2.34. The van der Waals surface area contributed by atoms with E-state index in [1.807, 2.05) is 6.07 Å². The maximum absolute atomic E-state index is 14.7. The first-order valence-electron chi connectivity index (χ1n) is 10.9. The number of benzene rings is 1. The minimum atomic E-state index is -0.859. The van der Waals surface area contributed by atoms with Gasteiger partial charge in [-0.2, -0.15) is 0 Å². The third-order valence-corrected chi connectivity index (χ3v) is 5.66. The topological polar surface area (TPSA) is 125 Å². The number of Topliss-reactive ketones (excluding diaryl/α,β-unsaturated/α-hetero) is 1. The smallest absolute Gasteiger partial charge is 0.295 e. The maximum Gasteiger partial charge on any atom is 0.295 e. The summed E-state index contributed by atoms with van der Waals surface area (Å²) in [5, 5.41) is -0.0738. The lowest BCUT2D eigenvalue weighted by molar-refractivity contribution is -0.127. The number of aromatic amines is 1. The number of rotatable bonds is 6. The molecule has 1 fully saturated rings. The van der Waals surface area contributed by atoms with Crippen LogP contribution >= 0.6 is 0 Å². The summed E-state index contributed by atoms with van der Waals surface area (Å²) in [6, 6.07) is 8.85. The van der Waals surface area contributed by atoms with Crippen LogP contribution in [0.1, 0.15) is 26.4 Å². The third-order valence-electron chi connectivity index (χ3n) is 5.66. The van der Waals surface area contributed by atoms with Crippen molar-refractivity contribution in [3.05, 3.63) is 84.2 Å². The Labute approximate surface area is 200 Å². The van der Waals surface area contributed by atoms with Gasteiger partial charge in [0.05, 0.1) is 34.6 Å². The second kappa shape index (κ2) is 10.1. The highest BCUT2D eigenvalue weighted by Gasteiger charge is 2.31. The minimum Gasteiger partial charge on any atom is -0.396 e. The van der Waals surface area contributed by atoms with Crippen LogP contribution in [0.3, 0.4) is 0 Å². The first-order chi connectivity index (χ1) is 16.9. The molecule has 0 spiro atoms. The van der Waals surface area contributed by atoms with E-state index in [1.165, 1.54) is 29.6 Å². The third kappa shape index (κ3) is 4.72. The molecule has 3 heterocycles. The molecule has 178 valence electrons. The molecule has 1 saturated heterocycles. The number of allylic oxidation sites excluding steroid dienone is 1. The lowest BCUT2D eigenvalue weighted by Crippen LogP contribution is -2.52. The largest absolute Gasteiger partial charge is 0.396 e. The fourth-order valence-corrected chi connectivity index (χ4v) is 3.89. The van der Waals surface area contributed by atoms with Crippen LogP contribution in [0.5, 0.6) is 0 Å². The number of nitrogens with one attached hydrogen (secondary N) is 1. The van der Waals surface area contributed by atoms with E-state index in [1.54, 1.807) is 29.2 Å². The van der Waals surface area contributed by atoms with Gasteiger partial charge in [-0.3, -0.25) is 19.4 Å². The van der Waals surface area contributed by atoms with Crippen molar-refractivity contribution in [2.45, 2.75) is 0 Å². The van der Waals surface area contributed by atoms with Crippen LogP contribution in [0.4, 0.5) is 4.39 Å². The van der Waals surface area contributed by atoms with E-state index in [0.29, 0.717) is 5.56 Å². The number of carbonyl (C=O) groups excluding carboxylic acids is 3. The van der Waals surface area contributed by atoms with Gasteiger partial charge in [0.25, 0.3) is 17.6 Å². The summed E-state index contributed by atoms with van der Waals surface area (Å²) in [5.74, 6) is -2.52. The van der Waals surface area contributed by atoms with Crippen molar-refractivity contribution >= 4 is 40.4 Å². The highest BCUT2D eigenvalue weighted by Crippen LogP contribution is 2.27. The van der Waals surface area contributed by atoms with E-state index in [4.69, 9.17) is 5.73 Å². The van der Waals surface area contributed by atoms with Crippen LogP contribution in [0.15, 0.2) is 66.6 Å². The number of fused-ring (bicyclic) bond motifs is 1. The molecule has 3 N–H and O–H groups in total. The van der Waals surface area contributed by atoms with E-state index in [-0.39, 0.29) is 59.9 Å². The van der Waals surface area contributed by atoms with Crippen molar-refractivity contribution in [3.8, 4) is 0 Å². The Kier molecular flexibility index (Phi) is 6.81. The van der Waals surface area contributed by atoms with Gasteiger partial charge >= 0.3 is 0 Å². The predicted octanol–water partition coefficient (Wildman–Crippen LogP) is 2.38. The second-order valence-corrected chi connectivity index (χ2v) is 7.80. The summed E-state index contributed by atoms with van der Waals surface area (Å²) in [4.78, 5) is 52.4. The number of nitrogens with two attached hydrogens (primary N) is 1. The van der Waals surface area contributed by atoms with Gasteiger partial charge in [0.1, 0.15) is 5.69 Å². The van der Waals surface area contributed by atoms with Crippen LogP contribution in [0, 0.1) is 5.82 Å². The van der Waals surface area contributed by atoms with Gasteiger partial charge < -0.3 is 20.5 Å². The van der Waals surface area contributed by atoms with Gasteiger partial charge in [-0.25, -0.2) is 9.37 Å². The van der Waals surface area contributed by atoms with Gasteiger partial charge in [0.2, 0.25) is 0 Å². The molecule has 9 nitrogen and oxygen atoms in total. The van der Waals surface area contributed by atoms with Crippen molar-refractivity contribution in [3.63, 3.8) is 0 Å². The number of nitrogens with zero attached hydrogens (tertiary/aromatic N) is 4. The van der Waals surface area contributed by atoms with E-state index < -0.39 is 17.5 Å². The molecule has 2 amide bonds. The first kappa shape index (κ1) is 23.6. The zero-order valence-corrected chi connectivity index (χ0v) is 18.8. The SMILES string of the molecule is C=CC=N/C=C(\N)c1ncc(F)c2c(C(=O)C(=O)N3CCN(C(=O)c4ccccc4)CC3)c[nH]c12. The Hall–Kier alpha value is -4.60. The number of halogens is 1. The molecule has 0 radical (unpaired) electrons. The minimum absolute atomic E-state index is 0.0738. The number of aliphatic imine (C=N–C) groups is 1. The van der Waals surface area contributed by atoms with Crippen LogP contribution < -0.4 is 5.73 Å². The van der Waals surface area contributed by atoms with E-state index >= 15 is 0 Å². The quantitative estimate of drug-likeness (QED) is 0.322. The molecular weight excluding hydrogens is 451 g/mol. The lowest BCUT2D eigenvalue weighted by atomic mass is 10.1. The summed E-state index contributed by atoms with van der Waals surface area (Å²) < 4.78 is 14.7. The van der Waals surface area contributed by atoms with E-state index in [9.17, 15) is 18.8 Å². The Morgan fingerprint density at radius 2 is 1.80 bits per heavy atom. The molecule has 4 rings (SSSR count). The molecule has 1 aliphatic rings. The number of piperazine rings is 1. The second-order valence-electron chi connectivity index (χ2n) is 7.80. The molecular formula is C25H23FN6O3. The Morgan fingerprint density at radius 3 is 2.49 bits per heavy atom. The average Bonchev–Trinajstić information content (AvgIpc) is 3.34. The summed E-state index contributed by atoms with van der Waals surface area (Å²) in [6.45, 7) is 4.47. The summed E-state index contributed by atoms with van der Waals surface area (Å²) in [6.07, 6.45) is 6.42. The van der Waals surface area contributed by atoms with Gasteiger partial charge in [-0.1, -0.05) is 30.9 Å². The van der Waals surface area contributed by atoms with Crippen molar-refractivity contribution < 1.29 is 18.8 Å². The van der Waals surface area contributed by atoms with Crippen LogP contribution in [0.2, 0.25) is 0 Å².